The van der Waals surface area contributed by atoms with Crippen LogP contribution in [0.25, 0.3) is 5.57 Å². The number of carbonyl (C=O) groups excluding carboxylic acids is 1. The largest absolute Gasteiger partial charge is 0.335 e. The van der Waals surface area contributed by atoms with E-state index in [9.17, 15) is 13.2 Å². The zero-order chi connectivity index (χ0) is 17.9. The second-order valence-corrected chi connectivity index (χ2v) is 9.03. The van der Waals surface area contributed by atoms with Gasteiger partial charge in [0.15, 0.2) is 9.84 Å². The third-order valence-corrected chi connectivity index (χ3v) is 6.31. The number of hydrogen-bond donors (Lipinski definition) is 0. The van der Waals surface area contributed by atoms with E-state index in [2.05, 4.69) is 13.8 Å². The minimum atomic E-state index is -3.00. The highest BCUT2D eigenvalue weighted by Crippen LogP contribution is 2.25. The summed E-state index contributed by atoms with van der Waals surface area (Å²) in [6, 6.07) is 7.94. The van der Waals surface area contributed by atoms with Crippen LogP contribution in [0.4, 0.5) is 0 Å². The van der Waals surface area contributed by atoms with Crippen LogP contribution in [0.3, 0.4) is 0 Å². The maximum Gasteiger partial charge on any atom is 0.247 e. The number of allylic oxidation sites excluding steroid dienone is 1. The molecular weight excluding hydrogens is 322 g/mol. The molecule has 24 heavy (non-hydrogen) atoms. The Morgan fingerprint density at radius 3 is 2.38 bits per heavy atom. The minimum absolute atomic E-state index is 0.0853. The fraction of sp³-hybridized carbons (Fsp3) is 0.526. The monoisotopic (exact) mass is 349 g/mol. The van der Waals surface area contributed by atoms with Crippen LogP contribution in [0.5, 0.6) is 0 Å². The number of sulfone groups is 1. The van der Waals surface area contributed by atoms with Gasteiger partial charge in [0, 0.05) is 18.7 Å². The summed E-state index contributed by atoms with van der Waals surface area (Å²) in [6.45, 7) is 8.59. The molecule has 0 spiro atoms. The Morgan fingerprint density at radius 2 is 1.92 bits per heavy atom. The quantitative estimate of drug-likeness (QED) is 0.768. The van der Waals surface area contributed by atoms with Gasteiger partial charge < -0.3 is 4.90 Å². The van der Waals surface area contributed by atoms with Gasteiger partial charge in [0.05, 0.1) is 11.5 Å². The van der Waals surface area contributed by atoms with Gasteiger partial charge in [-0.1, -0.05) is 43.7 Å². The first-order valence-corrected chi connectivity index (χ1v) is 10.3. The molecule has 1 atom stereocenters. The van der Waals surface area contributed by atoms with Crippen LogP contribution in [0.15, 0.2) is 30.3 Å². The van der Waals surface area contributed by atoms with Crippen molar-refractivity contribution in [1.29, 1.82) is 0 Å². The molecule has 1 fully saturated rings. The fourth-order valence-electron chi connectivity index (χ4n) is 3.16. The number of rotatable bonds is 5. The molecule has 1 unspecified atom stereocenters. The molecule has 4 nitrogen and oxygen atoms in total. The van der Waals surface area contributed by atoms with Crippen molar-refractivity contribution >= 4 is 21.3 Å². The molecule has 0 aliphatic carbocycles. The van der Waals surface area contributed by atoms with E-state index in [4.69, 9.17) is 0 Å². The normalized spacial score (nSPS) is 20.4. The van der Waals surface area contributed by atoms with Gasteiger partial charge in [-0.25, -0.2) is 8.42 Å². The SMILES string of the molecule is CCN(C(=O)/C=C(/c1ccc(C)cc1)C(C)C)C1CCS(=O)(=O)C1. The zero-order valence-corrected chi connectivity index (χ0v) is 15.8. The van der Waals surface area contributed by atoms with Gasteiger partial charge in [-0.05, 0) is 37.3 Å². The summed E-state index contributed by atoms with van der Waals surface area (Å²) in [7, 11) is -3.00. The minimum Gasteiger partial charge on any atom is -0.335 e. The van der Waals surface area contributed by atoms with Gasteiger partial charge in [-0.3, -0.25) is 4.79 Å². The van der Waals surface area contributed by atoms with E-state index in [1.165, 1.54) is 5.56 Å². The Bertz CT molecular complexity index is 717. The molecule has 1 heterocycles. The van der Waals surface area contributed by atoms with Crippen LogP contribution in [0.2, 0.25) is 0 Å². The lowest BCUT2D eigenvalue weighted by Gasteiger charge is -2.26. The Morgan fingerprint density at radius 1 is 1.29 bits per heavy atom. The Hall–Kier alpha value is -1.62. The lowest BCUT2D eigenvalue weighted by Crippen LogP contribution is -2.40. The van der Waals surface area contributed by atoms with Crippen LogP contribution in [-0.2, 0) is 14.6 Å². The predicted molar refractivity (Wildman–Crippen MR) is 98.4 cm³/mol. The highest BCUT2D eigenvalue weighted by atomic mass is 32.2. The molecule has 1 aromatic carbocycles. The number of aryl methyl sites for hydroxylation is 1. The number of likely N-dealkylation sites (N-methyl/N-ethyl adjacent to an activating group) is 1. The second-order valence-electron chi connectivity index (χ2n) is 6.80. The van der Waals surface area contributed by atoms with E-state index in [1.54, 1.807) is 11.0 Å². The fourth-order valence-corrected chi connectivity index (χ4v) is 4.89. The average molecular weight is 349 g/mol. The van der Waals surface area contributed by atoms with Crippen molar-refractivity contribution in [2.45, 2.75) is 40.2 Å². The van der Waals surface area contributed by atoms with E-state index in [1.807, 2.05) is 38.1 Å². The molecule has 1 saturated heterocycles. The van der Waals surface area contributed by atoms with Gasteiger partial charge in [-0.15, -0.1) is 0 Å². The van der Waals surface area contributed by atoms with Crippen molar-refractivity contribution in [3.8, 4) is 0 Å². The summed E-state index contributed by atoms with van der Waals surface area (Å²) < 4.78 is 23.4. The number of hydrogen-bond acceptors (Lipinski definition) is 3. The third-order valence-electron chi connectivity index (χ3n) is 4.56. The number of carbonyl (C=O) groups is 1. The molecule has 0 N–H and O–H groups in total. The molecule has 2 rings (SSSR count). The Balaban J connectivity index is 2.27. The Kier molecular flexibility index (Phi) is 5.86. The Labute approximate surface area is 145 Å². The molecule has 0 bridgehead atoms. The van der Waals surface area contributed by atoms with Crippen LogP contribution in [0, 0.1) is 12.8 Å². The molecule has 5 heteroatoms. The molecule has 132 valence electrons. The zero-order valence-electron chi connectivity index (χ0n) is 15.0. The summed E-state index contributed by atoms with van der Waals surface area (Å²) in [6.07, 6.45) is 2.22. The van der Waals surface area contributed by atoms with Crippen molar-refractivity contribution in [3.63, 3.8) is 0 Å². The molecule has 0 saturated carbocycles. The van der Waals surface area contributed by atoms with Crippen LogP contribution >= 0.6 is 0 Å². The summed E-state index contributed by atoms with van der Waals surface area (Å²) in [5, 5.41) is 0. The molecule has 1 aromatic rings. The average Bonchev–Trinajstić information content (AvgIpc) is 2.86. The summed E-state index contributed by atoms with van der Waals surface area (Å²) in [5.41, 5.74) is 3.21. The first kappa shape index (κ1) is 18.7. The molecular formula is C19H27NO3S. The van der Waals surface area contributed by atoms with Crippen molar-refractivity contribution in [2.24, 2.45) is 5.92 Å². The van der Waals surface area contributed by atoms with Gasteiger partial charge in [0.25, 0.3) is 0 Å². The number of nitrogens with zero attached hydrogens (tertiary/aromatic N) is 1. The lowest BCUT2D eigenvalue weighted by molar-refractivity contribution is -0.127. The molecule has 1 aliphatic rings. The first-order valence-electron chi connectivity index (χ1n) is 8.53. The van der Waals surface area contributed by atoms with Crippen molar-refractivity contribution in [2.75, 3.05) is 18.1 Å². The van der Waals surface area contributed by atoms with E-state index in [0.717, 1.165) is 11.1 Å². The van der Waals surface area contributed by atoms with Gasteiger partial charge in [0.2, 0.25) is 5.91 Å². The number of amides is 1. The van der Waals surface area contributed by atoms with E-state index in [0.29, 0.717) is 13.0 Å². The maximum atomic E-state index is 12.8. The standard InChI is InChI=1S/C19H27NO3S/c1-5-20(17-10-11-24(22,23)13-17)19(21)12-18(14(2)3)16-8-6-15(4)7-9-16/h6-9,12,14,17H,5,10-11,13H2,1-4H3/b18-12+. The third kappa shape index (κ3) is 4.47. The smallest absolute Gasteiger partial charge is 0.247 e. The van der Waals surface area contributed by atoms with Crippen molar-refractivity contribution in [1.82, 2.24) is 4.90 Å². The highest BCUT2D eigenvalue weighted by molar-refractivity contribution is 7.91. The topological polar surface area (TPSA) is 54.5 Å². The molecule has 0 radical (unpaired) electrons. The van der Waals surface area contributed by atoms with Crippen LogP contribution in [0.1, 0.15) is 38.3 Å². The van der Waals surface area contributed by atoms with Gasteiger partial charge in [-0.2, -0.15) is 0 Å². The summed E-state index contributed by atoms with van der Waals surface area (Å²) in [4.78, 5) is 14.5. The number of benzene rings is 1. The lowest BCUT2D eigenvalue weighted by atomic mass is 9.94. The van der Waals surface area contributed by atoms with E-state index < -0.39 is 9.84 Å². The van der Waals surface area contributed by atoms with Gasteiger partial charge in [0.1, 0.15) is 0 Å². The summed E-state index contributed by atoms with van der Waals surface area (Å²) in [5.74, 6) is 0.383. The van der Waals surface area contributed by atoms with Gasteiger partial charge >= 0.3 is 0 Å². The molecule has 1 aliphatic heterocycles. The van der Waals surface area contributed by atoms with Crippen LogP contribution in [-0.4, -0.2) is 43.3 Å². The van der Waals surface area contributed by atoms with Crippen LogP contribution < -0.4 is 0 Å². The predicted octanol–water partition coefficient (Wildman–Crippen LogP) is 3.07. The van der Waals surface area contributed by atoms with Crippen molar-refractivity contribution in [3.05, 3.63) is 41.5 Å². The maximum absolute atomic E-state index is 12.8. The first-order chi connectivity index (χ1) is 11.2. The molecule has 0 aromatic heterocycles. The summed E-state index contributed by atoms with van der Waals surface area (Å²) >= 11 is 0. The second kappa shape index (κ2) is 7.51. The van der Waals surface area contributed by atoms with E-state index >= 15 is 0 Å². The highest BCUT2D eigenvalue weighted by Gasteiger charge is 2.33. The van der Waals surface area contributed by atoms with Crippen molar-refractivity contribution < 1.29 is 13.2 Å². The van der Waals surface area contributed by atoms with E-state index in [-0.39, 0.29) is 29.4 Å². The molecule has 1 amide bonds.